The molecular formula is C19H14F3N5O3. The Morgan fingerprint density at radius 2 is 2.03 bits per heavy atom. The SMILES string of the molecule is COc1ccc(F)c(/C=N/NC(=O)c2cncc(-c3ccc(OC(F)F)nc3)n2)c1. The predicted octanol–water partition coefficient (Wildman–Crippen LogP) is 3.05. The maximum absolute atomic E-state index is 13.8. The molecule has 2 heterocycles. The van der Waals surface area contributed by atoms with Crippen LogP contribution in [0.15, 0.2) is 54.0 Å². The van der Waals surface area contributed by atoms with Crippen LogP contribution in [-0.2, 0) is 0 Å². The number of amides is 1. The zero-order chi connectivity index (χ0) is 21.5. The van der Waals surface area contributed by atoms with Gasteiger partial charge in [0, 0.05) is 23.4 Å². The topological polar surface area (TPSA) is 98.6 Å². The Morgan fingerprint density at radius 3 is 2.73 bits per heavy atom. The van der Waals surface area contributed by atoms with E-state index in [1.165, 1.54) is 56.0 Å². The zero-order valence-corrected chi connectivity index (χ0v) is 15.4. The van der Waals surface area contributed by atoms with Crippen LogP contribution < -0.4 is 14.9 Å². The van der Waals surface area contributed by atoms with Crippen LogP contribution in [0.5, 0.6) is 11.6 Å². The van der Waals surface area contributed by atoms with Gasteiger partial charge in [0.2, 0.25) is 5.88 Å². The van der Waals surface area contributed by atoms with Crippen molar-refractivity contribution < 1.29 is 27.4 Å². The van der Waals surface area contributed by atoms with Crippen molar-refractivity contribution in [3.63, 3.8) is 0 Å². The largest absolute Gasteiger partial charge is 0.497 e. The fraction of sp³-hybridized carbons (Fsp3) is 0.105. The summed E-state index contributed by atoms with van der Waals surface area (Å²) in [4.78, 5) is 24.0. The number of aromatic nitrogens is 3. The number of hydrogen-bond acceptors (Lipinski definition) is 7. The quantitative estimate of drug-likeness (QED) is 0.469. The minimum absolute atomic E-state index is 0.0660. The van der Waals surface area contributed by atoms with Gasteiger partial charge in [0.05, 0.1) is 31.4 Å². The van der Waals surface area contributed by atoms with E-state index in [9.17, 15) is 18.0 Å². The summed E-state index contributed by atoms with van der Waals surface area (Å²) >= 11 is 0. The number of rotatable bonds is 7. The van der Waals surface area contributed by atoms with Gasteiger partial charge in [0.25, 0.3) is 5.91 Å². The highest BCUT2D eigenvalue weighted by Crippen LogP contribution is 2.19. The fourth-order valence-electron chi connectivity index (χ4n) is 2.27. The van der Waals surface area contributed by atoms with Crippen LogP contribution in [-0.4, -0.2) is 40.8 Å². The third-order valence-electron chi connectivity index (χ3n) is 3.68. The van der Waals surface area contributed by atoms with E-state index in [4.69, 9.17) is 4.74 Å². The Labute approximate surface area is 168 Å². The Balaban J connectivity index is 1.70. The van der Waals surface area contributed by atoms with Crippen molar-refractivity contribution >= 4 is 12.1 Å². The monoisotopic (exact) mass is 417 g/mol. The van der Waals surface area contributed by atoms with E-state index in [1.54, 1.807) is 0 Å². The van der Waals surface area contributed by atoms with Gasteiger partial charge in [-0.1, -0.05) is 0 Å². The average molecular weight is 417 g/mol. The molecular weight excluding hydrogens is 403 g/mol. The third kappa shape index (κ3) is 5.28. The first-order valence-corrected chi connectivity index (χ1v) is 8.36. The van der Waals surface area contributed by atoms with E-state index in [-0.39, 0.29) is 22.8 Å². The third-order valence-corrected chi connectivity index (χ3v) is 3.68. The van der Waals surface area contributed by atoms with Gasteiger partial charge in [0.15, 0.2) is 0 Å². The lowest BCUT2D eigenvalue weighted by Gasteiger charge is -2.05. The number of carbonyl (C=O) groups is 1. The molecule has 0 radical (unpaired) electrons. The molecule has 3 aromatic rings. The van der Waals surface area contributed by atoms with Crippen molar-refractivity contribution in [1.82, 2.24) is 20.4 Å². The Kier molecular flexibility index (Phi) is 6.53. The molecule has 0 bridgehead atoms. The number of methoxy groups -OCH3 is 1. The summed E-state index contributed by atoms with van der Waals surface area (Å²) in [6.07, 6.45) is 4.96. The molecule has 154 valence electrons. The summed E-state index contributed by atoms with van der Waals surface area (Å²) in [5, 5.41) is 3.71. The Bertz CT molecular complexity index is 1060. The molecule has 8 nitrogen and oxygen atoms in total. The lowest BCUT2D eigenvalue weighted by molar-refractivity contribution is -0.0528. The van der Waals surface area contributed by atoms with E-state index in [0.717, 1.165) is 6.21 Å². The van der Waals surface area contributed by atoms with Crippen molar-refractivity contribution in [2.75, 3.05) is 7.11 Å². The van der Waals surface area contributed by atoms with Crippen LogP contribution in [0, 0.1) is 5.82 Å². The maximum Gasteiger partial charge on any atom is 0.388 e. The molecule has 0 saturated heterocycles. The lowest BCUT2D eigenvalue weighted by Crippen LogP contribution is -2.19. The number of alkyl halides is 2. The van der Waals surface area contributed by atoms with Gasteiger partial charge in [-0.15, -0.1) is 0 Å². The summed E-state index contributed by atoms with van der Waals surface area (Å²) in [7, 11) is 1.44. The molecule has 30 heavy (non-hydrogen) atoms. The van der Waals surface area contributed by atoms with Gasteiger partial charge in [0.1, 0.15) is 17.3 Å². The number of carbonyl (C=O) groups excluding carboxylic acids is 1. The highest BCUT2D eigenvalue weighted by Gasteiger charge is 2.11. The van der Waals surface area contributed by atoms with Crippen LogP contribution >= 0.6 is 0 Å². The molecule has 0 atom stereocenters. The van der Waals surface area contributed by atoms with Gasteiger partial charge in [-0.3, -0.25) is 9.78 Å². The molecule has 1 N–H and O–H groups in total. The summed E-state index contributed by atoms with van der Waals surface area (Å²) in [6, 6.07) is 6.76. The highest BCUT2D eigenvalue weighted by molar-refractivity contribution is 5.93. The molecule has 11 heteroatoms. The molecule has 0 fully saturated rings. The Hall–Kier alpha value is -4.02. The van der Waals surface area contributed by atoms with Crippen LogP contribution in [0.1, 0.15) is 16.1 Å². The van der Waals surface area contributed by atoms with Gasteiger partial charge in [-0.05, 0) is 24.3 Å². The number of hydrogen-bond donors (Lipinski definition) is 1. The number of halogens is 3. The summed E-state index contributed by atoms with van der Waals surface area (Å²) in [6.45, 7) is -2.99. The molecule has 0 spiro atoms. The number of nitrogens with zero attached hydrogens (tertiary/aromatic N) is 4. The number of benzene rings is 1. The maximum atomic E-state index is 13.8. The van der Waals surface area contributed by atoms with Crippen molar-refractivity contribution in [1.29, 1.82) is 0 Å². The normalized spacial score (nSPS) is 11.0. The number of ether oxygens (including phenoxy) is 2. The van der Waals surface area contributed by atoms with E-state index in [0.29, 0.717) is 11.3 Å². The van der Waals surface area contributed by atoms with Crippen LogP contribution in [0.3, 0.4) is 0 Å². The second-order valence-corrected chi connectivity index (χ2v) is 5.64. The summed E-state index contributed by atoms with van der Waals surface area (Å²) in [5.74, 6) is -1.05. The molecule has 0 saturated carbocycles. The standard InChI is InChI=1S/C19H14F3N5O3/c1-29-13-3-4-14(20)12(6-13)8-25-27-18(28)16-10-23-9-15(26-16)11-2-5-17(24-7-11)30-19(21)22/h2-10,19H,1H3,(H,27,28)/b25-8+. The smallest absolute Gasteiger partial charge is 0.388 e. The van der Waals surface area contributed by atoms with Crippen molar-refractivity contribution in [2.24, 2.45) is 5.10 Å². The zero-order valence-electron chi connectivity index (χ0n) is 15.4. The molecule has 0 aliphatic heterocycles. The van der Waals surface area contributed by atoms with Gasteiger partial charge < -0.3 is 9.47 Å². The van der Waals surface area contributed by atoms with Crippen LogP contribution in [0.2, 0.25) is 0 Å². The van der Waals surface area contributed by atoms with Crippen molar-refractivity contribution in [3.8, 4) is 22.9 Å². The minimum atomic E-state index is -2.99. The van der Waals surface area contributed by atoms with Crippen LogP contribution in [0.4, 0.5) is 13.2 Å². The average Bonchev–Trinajstić information content (AvgIpc) is 2.75. The first kappa shape index (κ1) is 20.7. The molecule has 3 rings (SSSR count). The molecule has 2 aromatic heterocycles. The van der Waals surface area contributed by atoms with Crippen LogP contribution in [0.25, 0.3) is 11.3 Å². The van der Waals surface area contributed by atoms with Gasteiger partial charge >= 0.3 is 6.61 Å². The number of hydrazone groups is 1. The van der Waals surface area contributed by atoms with E-state index >= 15 is 0 Å². The summed E-state index contributed by atoms with van der Waals surface area (Å²) < 4.78 is 47.3. The molecule has 0 aliphatic carbocycles. The van der Waals surface area contributed by atoms with E-state index < -0.39 is 18.3 Å². The summed E-state index contributed by atoms with van der Waals surface area (Å²) in [5.41, 5.74) is 2.98. The first-order valence-electron chi connectivity index (χ1n) is 8.36. The molecule has 1 amide bonds. The number of nitrogens with one attached hydrogen (secondary N) is 1. The fourth-order valence-corrected chi connectivity index (χ4v) is 2.27. The second-order valence-electron chi connectivity index (χ2n) is 5.64. The van der Waals surface area contributed by atoms with Gasteiger partial charge in [-0.2, -0.15) is 13.9 Å². The lowest BCUT2D eigenvalue weighted by atomic mass is 10.2. The highest BCUT2D eigenvalue weighted by atomic mass is 19.3. The second kappa shape index (κ2) is 9.45. The number of pyridine rings is 1. The molecule has 0 unspecified atom stereocenters. The van der Waals surface area contributed by atoms with E-state index in [2.05, 4.69) is 30.2 Å². The van der Waals surface area contributed by atoms with Gasteiger partial charge in [-0.25, -0.2) is 19.8 Å². The van der Waals surface area contributed by atoms with Crippen molar-refractivity contribution in [3.05, 3.63) is 66.0 Å². The van der Waals surface area contributed by atoms with E-state index in [1.807, 2.05) is 0 Å². The molecule has 0 aliphatic rings. The minimum Gasteiger partial charge on any atom is -0.497 e. The Morgan fingerprint density at radius 1 is 1.20 bits per heavy atom. The van der Waals surface area contributed by atoms with Crippen molar-refractivity contribution in [2.45, 2.75) is 6.61 Å². The predicted molar refractivity (Wildman–Crippen MR) is 99.9 cm³/mol. The molecule has 1 aromatic carbocycles. The first-order chi connectivity index (χ1) is 14.5.